The number of aryl methyl sites for hydroxylation is 1. The Bertz CT molecular complexity index is 446. The molecule has 2 atom stereocenters. The normalized spacial score (nSPS) is 28.3. The van der Waals surface area contributed by atoms with Crippen LogP contribution in [0.25, 0.3) is 0 Å². The summed E-state index contributed by atoms with van der Waals surface area (Å²) in [7, 11) is 0. The maximum absolute atomic E-state index is 12.1. The van der Waals surface area contributed by atoms with Crippen molar-refractivity contribution in [3.8, 4) is 0 Å². The molecule has 1 amide bonds. The zero-order valence-electron chi connectivity index (χ0n) is 9.73. The zero-order chi connectivity index (χ0) is 11.8. The third kappa shape index (κ3) is 1.90. The number of halogens is 1. The van der Waals surface area contributed by atoms with Crippen molar-refractivity contribution in [2.75, 3.05) is 6.54 Å². The summed E-state index contributed by atoms with van der Waals surface area (Å²) in [5, 5.41) is 0. The van der Waals surface area contributed by atoms with E-state index >= 15 is 0 Å². The first kappa shape index (κ1) is 11.3. The summed E-state index contributed by atoms with van der Waals surface area (Å²) >= 11 is 3.46. The number of benzene rings is 1. The van der Waals surface area contributed by atoms with Crippen LogP contribution < -0.4 is 0 Å². The van der Waals surface area contributed by atoms with Gasteiger partial charge in [0.1, 0.15) is 0 Å². The Balaban J connectivity index is 1.93. The molecule has 0 spiro atoms. The third-order valence-electron chi connectivity index (χ3n) is 3.89. The van der Waals surface area contributed by atoms with Crippen molar-refractivity contribution >= 4 is 21.8 Å². The summed E-state index contributed by atoms with van der Waals surface area (Å²) in [5.41, 5.74) is 2.79. The SMILES string of the molecule is O=C1[C@H](Br)CCN1[C@H]1CCCc2ccccc21. The number of nitrogens with zero attached hydrogens (tertiary/aromatic N) is 1. The van der Waals surface area contributed by atoms with Gasteiger partial charge in [-0.05, 0) is 36.8 Å². The van der Waals surface area contributed by atoms with Crippen LogP contribution in [0.2, 0.25) is 0 Å². The molecule has 90 valence electrons. The second-order valence-electron chi connectivity index (χ2n) is 4.89. The zero-order valence-corrected chi connectivity index (χ0v) is 11.3. The molecule has 0 N–H and O–H groups in total. The molecule has 3 rings (SSSR count). The Morgan fingerprint density at radius 1 is 1.24 bits per heavy atom. The highest BCUT2D eigenvalue weighted by atomic mass is 79.9. The molecular weight excluding hydrogens is 278 g/mol. The fourth-order valence-electron chi connectivity index (χ4n) is 3.03. The lowest BCUT2D eigenvalue weighted by molar-refractivity contribution is -0.129. The molecule has 1 aliphatic carbocycles. The van der Waals surface area contributed by atoms with Crippen molar-refractivity contribution < 1.29 is 4.79 Å². The summed E-state index contributed by atoms with van der Waals surface area (Å²) in [5.74, 6) is 0.270. The average Bonchev–Trinajstić information content (AvgIpc) is 2.69. The van der Waals surface area contributed by atoms with Crippen LogP contribution in [0.5, 0.6) is 0 Å². The standard InChI is InChI=1S/C14H16BrNO/c15-12-8-9-16(14(12)17)13-7-3-5-10-4-1-2-6-11(10)13/h1-2,4,6,12-13H,3,5,7-9H2/t12-,13+/m1/s1. The molecule has 0 bridgehead atoms. The smallest absolute Gasteiger partial charge is 0.236 e. The van der Waals surface area contributed by atoms with Gasteiger partial charge in [0.25, 0.3) is 0 Å². The van der Waals surface area contributed by atoms with E-state index in [1.54, 1.807) is 0 Å². The lowest BCUT2D eigenvalue weighted by atomic mass is 9.87. The number of rotatable bonds is 1. The first-order valence-corrected chi connectivity index (χ1v) is 7.21. The molecule has 1 fully saturated rings. The summed E-state index contributed by atoms with van der Waals surface area (Å²) in [6.07, 6.45) is 4.41. The highest BCUT2D eigenvalue weighted by molar-refractivity contribution is 9.10. The molecule has 17 heavy (non-hydrogen) atoms. The second kappa shape index (κ2) is 4.45. The van der Waals surface area contributed by atoms with Crippen LogP contribution in [0.1, 0.15) is 36.4 Å². The van der Waals surface area contributed by atoms with E-state index < -0.39 is 0 Å². The lowest BCUT2D eigenvalue weighted by Crippen LogP contribution is -2.34. The van der Waals surface area contributed by atoms with Gasteiger partial charge in [-0.25, -0.2) is 0 Å². The van der Waals surface area contributed by atoms with Gasteiger partial charge >= 0.3 is 0 Å². The van der Waals surface area contributed by atoms with E-state index in [1.807, 2.05) is 0 Å². The number of fused-ring (bicyclic) bond motifs is 1. The van der Waals surface area contributed by atoms with Crippen molar-refractivity contribution in [3.63, 3.8) is 0 Å². The molecule has 1 saturated heterocycles. The fourth-order valence-corrected chi connectivity index (χ4v) is 3.50. The topological polar surface area (TPSA) is 20.3 Å². The quantitative estimate of drug-likeness (QED) is 0.729. The highest BCUT2D eigenvalue weighted by Crippen LogP contribution is 2.37. The Hall–Kier alpha value is -0.830. The van der Waals surface area contributed by atoms with Gasteiger partial charge in [-0.1, -0.05) is 40.2 Å². The van der Waals surface area contributed by atoms with Crippen LogP contribution in [-0.2, 0) is 11.2 Å². The minimum atomic E-state index is 0.0385. The van der Waals surface area contributed by atoms with Crippen LogP contribution in [-0.4, -0.2) is 22.2 Å². The maximum Gasteiger partial charge on any atom is 0.236 e. The summed E-state index contributed by atoms with van der Waals surface area (Å²) in [4.78, 5) is 14.2. The van der Waals surface area contributed by atoms with E-state index in [-0.39, 0.29) is 10.7 Å². The summed E-state index contributed by atoms with van der Waals surface area (Å²) < 4.78 is 0. The van der Waals surface area contributed by atoms with E-state index in [9.17, 15) is 4.79 Å². The van der Waals surface area contributed by atoms with Crippen LogP contribution in [0, 0.1) is 0 Å². The first-order valence-electron chi connectivity index (χ1n) is 6.30. The molecule has 0 saturated carbocycles. The van der Waals surface area contributed by atoms with Gasteiger partial charge in [-0.15, -0.1) is 0 Å². The van der Waals surface area contributed by atoms with Crippen LogP contribution in [0.15, 0.2) is 24.3 Å². The third-order valence-corrected chi connectivity index (χ3v) is 4.74. The predicted octanol–water partition coefficient (Wildman–Crippen LogP) is 3.06. The number of carbonyl (C=O) groups is 1. The summed E-state index contributed by atoms with van der Waals surface area (Å²) in [6.45, 7) is 0.897. The maximum atomic E-state index is 12.1. The van der Waals surface area contributed by atoms with Gasteiger partial charge in [0.15, 0.2) is 0 Å². The van der Waals surface area contributed by atoms with Crippen molar-refractivity contribution in [2.24, 2.45) is 0 Å². The minimum Gasteiger partial charge on any atom is -0.335 e. The monoisotopic (exact) mass is 293 g/mol. The molecule has 0 radical (unpaired) electrons. The minimum absolute atomic E-state index is 0.0385. The number of likely N-dealkylation sites (tertiary alicyclic amines) is 1. The number of amides is 1. The van der Waals surface area contributed by atoms with Gasteiger partial charge in [0.05, 0.1) is 10.9 Å². The van der Waals surface area contributed by atoms with Gasteiger partial charge in [-0.3, -0.25) is 4.79 Å². The van der Waals surface area contributed by atoms with Gasteiger partial charge in [0, 0.05) is 6.54 Å². The van der Waals surface area contributed by atoms with E-state index in [0.29, 0.717) is 6.04 Å². The van der Waals surface area contributed by atoms with E-state index in [4.69, 9.17) is 0 Å². The van der Waals surface area contributed by atoms with Crippen molar-refractivity contribution in [3.05, 3.63) is 35.4 Å². The average molecular weight is 294 g/mol. The predicted molar refractivity (Wildman–Crippen MR) is 71.2 cm³/mol. The van der Waals surface area contributed by atoms with Crippen LogP contribution in [0.4, 0.5) is 0 Å². The molecule has 1 heterocycles. The van der Waals surface area contributed by atoms with Crippen molar-refractivity contribution in [1.29, 1.82) is 0 Å². The number of carbonyl (C=O) groups excluding carboxylic acids is 1. The highest BCUT2D eigenvalue weighted by Gasteiger charge is 2.36. The number of hydrogen-bond donors (Lipinski definition) is 0. The molecular formula is C14H16BrNO. The molecule has 2 nitrogen and oxygen atoms in total. The molecule has 0 aromatic heterocycles. The molecule has 1 aliphatic heterocycles. The largest absolute Gasteiger partial charge is 0.335 e. The second-order valence-corrected chi connectivity index (χ2v) is 6.00. The number of alkyl halides is 1. The van der Waals surface area contributed by atoms with Crippen molar-refractivity contribution in [1.82, 2.24) is 4.90 Å². The molecule has 1 aromatic carbocycles. The Labute approximate surface area is 110 Å². The lowest BCUT2D eigenvalue weighted by Gasteiger charge is -2.33. The first-order chi connectivity index (χ1) is 8.27. The van der Waals surface area contributed by atoms with E-state index in [1.165, 1.54) is 17.5 Å². The molecule has 1 aromatic rings. The van der Waals surface area contributed by atoms with Crippen molar-refractivity contribution in [2.45, 2.75) is 36.6 Å². The number of hydrogen-bond acceptors (Lipinski definition) is 1. The summed E-state index contributed by atoms with van der Waals surface area (Å²) in [6, 6.07) is 8.89. The Kier molecular flexibility index (Phi) is 2.95. The van der Waals surface area contributed by atoms with Gasteiger partial charge in [0.2, 0.25) is 5.91 Å². The Morgan fingerprint density at radius 3 is 2.82 bits per heavy atom. The molecule has 3 heteroatoms. The van der Waals surface area contributed by atoms with E-state index in [2.05, 4.69) is 45.1 Å². The van der Waals surface area contributed by atoms with Gasteiger partial charge in [-0.2, -0.15) is 0 Å². The van der Waals surface area contributed by atoms with Crippen LogP contribution in [0.3, 0.4) is 0 Å². The fraction of sp³-hybridized carbons (Fsp3) is 0.500. The Morgan fingerprint density at radius 2 is 2.06 bits per heavy atom. The molecule has 2 aliphatic rings. The van der Waals surface area contributed by atoms with Gasteiger partial charge < -0.3 is 4.90 Å². The molecule has 0 unspecified atom stereocenters. The van der Waals surface area contributed by atoms with Crippen LogP contribution >= 0.6 is 15.9 Å². The van der Waals surface area contributed by atoms with E-state index in [0.717, 1.165) is 25.8 Å².